The number of amides is 1. The zero-order valence-electron chi connectivity index (χ0n) is 11.1. The molecule has 0 bridgehead atoms. The van der Waals surface area contributed by atoms with Crippen LogP contribution in [0.15, 0.2) is 47.1 Å². The second-order valence-electron chi connectivity index (χ2n) is 4.04. The van der Waals surface area contributed by atoms with Crippen molar-refractivity contribution in [3.63, 3.8) is 0 Å². The van der Waals surface area contributed by atoms with Gasteiger partial charge in [-0.25, -0.2) is 0 Å². The Morgan fingerprint density at radius 2 is 2.20 bits per heavy atom. The van der Waals surface area contributed by atoms with E-state index in [0.717, 1.165) is 11.3 Å². The highest BCUT2D eigenvalue weighted by Crippen LogP contribution is 2.22. The van der Waals surface area contributed by atoms with E-state index in [1.54, 1.807) is 19.4 Å². The van der Waals surface area contributed by atoms with E-state index >= 15 is 0 Å². The Bertz CT molecular complexity index is 552. The molecule has 0 saturated carbocycles. The minimum Gasteiger partial charge on any atom is -0.497 e. The number of nitrogens with one attached hydrogen (secondary N) is 1. The average Bonchev–Trinajstić information content (AvgIpc) is 2.80. The highest BCUT2D eigenvalue weighted by molar-refractivity contribution is 8.15. The average molecular weight is 289 g/mol. The summed E-state index contributed by atoms with van der Waals surface area (Å²) in [4.78, 5) is 11.6. The number of carbonyl (C=O) groups is 1. The first kappa shape index (κ1) is 14.3. The van der Waals surface area contributed by atoms with Crippen LogP contribution in [0.4, 0.5) is 0 Å². The standard InChI is InChI=1S/C14H15N3O2S/c1-3-4-12-13(18)16-14(20-12)17-15-9-10-5-7-11(19-2)8-6-10/h3,5-9,12H,1,4H2,2H3,(H,16,17,18)/b15-9-/t12-/m1/s1. The molecule has 104 valence electrons. The van der Waals surface area contributed by atoms with Crippen molar-refractivity contribution in [2.75, 3.05) is 7.11 Å². The summed E-state index contributed by atoms with van der Waals surface area (Å²) < 4.78 is 5.07. The predicted molar refractivity (Wildman–Crippen MR) is 82.4 cm³/mol. The molecular weight excluding hydrogens is 274 g/mol. The lowest BCUT2D eigenvalue weighted by Crippen LogP contribution is -2.24. The van der Waals surface area contributed by atoms with Gasteiger partial charge in [0.1, 0.15) is 5.75 Å². The number of benzene rings is 1. The molecule has 2 rings (SSSR count). The maximum Gasteiger partial charge on any atom is 0.239 e. The van der Waals surface area contributed by atoms with Crippen molar-refractivity contribution in [3.8, 4) is 5.75 Å². The largest absolute Gasteiger partial charge is 0.497 e. The molecule has 1 aromatic rings. The lowest BCUT2D eigenvalue weighted by Gasteiger charge is -1.98. The van der Waals surface area contributed by atoms with Gasteiger partial charge >= 0.3 is 0 Å². The number of rotatable bonds is 5. The van der Waals surface area contributed by atoms with Crippen molar-refractivity contribution in [1.29, 1.82) is 0 Å². The fourth-order valence-corrected chi connectivity index (χ4v) is 2.52. The molecule has 1 N–H and O–H groups in total. The molecule has 1 amide bonds. The van der Waals surface area contributed by atoms with E-state index in [2.05, 4.69) is 22.1 Å². The van der Waals surface area contributed by atoms with Crippen LogP contribution in [0.25, 0.3) is 0 Å². The van der Waals surface area contributed by atoms with E-state index in [4.69, 9.17) is 4.74 Å². The van der Waals surface area contributed by atoms with Gasteiger partial charge in [-0.15, -0.1) is 11.7 Å². The van der Waals surface area contributed by atoms with Crippen LogP contribution in [0.2, 0.25) is 0 Å². The van der Waals surface area contributed by atoms with Crippen LogP contribution >= 0.6 is 11.8 Å². The Hall–Kier alpha value is -2.08. The van der Waals surface area contributed by atoms with Crippen molar-refractivity contribution in [1.82, 2.24) is 5.32 Å². The van der Waals surface area contributed by atoms with Gasteiger partial charge in [0.25, 0.3) is 0 Å². The van der Waals surface area contributed by atoms with Gasteiger partial charge in [-0.05, 0) is 36.2 Å². The van der Waals surface area contributed by atoms with E-state index in [-0.39, 0.29) is 11.2 Å². The van der Waals surface area contributed by atoms with Gasteiger partial charge in [0.2, 0.25) is 5.91 Å². The van der Waals surface area contributed by atoms with E-state index < -0.39 is 0 Å². The molecule has 1 fully saturated rings. The molecule has 0 spiro atoms. The first-order chi connectivity index (χ1) is 9.72. The predicted octanol–water partition coefficient (Wildman–Crippen LogP) is 2.19. The summed E-state index contributed by atoms with van der Waals surface area (Å²) >= 11 is 1.37. The molecular formula is C14H15N3O2S. The molecule has 1 saturated heterocycles. The molecule has 0 aliphatic carbocycles. The maximum absolute atomic E-state index is 11.6. The number of hydrogen-bond donors (Lipinski definition) is 1. The molecule has 20 heavy (non-hydrogen) atoms. The van der Waals surface area contributed by atoms with Crippen LogP contribution in [-0.2, 0) is 4.79 Å². The van der Waals surface area contributed by atoms with Crippen LogP contribution in [0.5, 0.6) is 5.75 Å². The van der Waals surface area contributed by atoms with Gasteiger partial charge in [0, 0.05) is 0 Å². The van der Waals surface area contributed by atoms with E-state index in [1.807, 2.05) is 24.3 Å². The molecule has 1 atom stereocenters. The smallest absolute Gasteiger partial charge is 0.239 e. The first-order valence-electron chi connectivity index (χ1n) is 6.06. The Morgan fingerprint density at radius 3 is 2.85 bits per heavy atom. The van der Waals surface area contributed by atoms with Gasteiger partial charge in [-0.2, -0.15) is 5.10 Å². The molecule has 6 heteroatoms. The Labute approximate surface area is 121 Å². The summed E-state index contributed by atoms with van der Waals surface area (Å²) in [5, 5.41) is 11.0. The molecule has 0 radical (unpaired) electrons. The summed E-state index contributed by atoms with van der Waals surface area (Å²) in [6, 6.07) is 7.45. The summed E-state index contributed by atoms with van der Waals surface area (Å²) in [6.07, 6.45) is 3.97. The second kappa shape index (κ2) is 6.91. The zero-order chi connectivity index (χ0) is 14.4. The monoisotopic (exact) mass is 289 g/mol. The Kier molecular flexibility index (Phi) is 4.95. The van der Waals surface area contributed by atoms with Gasteiger partial charge < -0.3 is 10.1 Å². The van der Waals surface area contributed by atoms with Crippen molar-refractivity contribution in [2.24, 2.45) is 10.2 Å². The van der Waals surface area contributed by atoms with Crippen LogP contribution in [0, 0.1) is 0 Å². The number of hydrogen-bond acceptors (Lipinski definition) is 5. The first-order valence-corrected chi connectivity index (χ1v) is 6.94. The quantitative estimate of drug-likeness (QED) is 0.513. The number of ether oxygens (including phenoxy) is 1. The van der Waals surface area contributed by atoms with Crippen LogP contribution in [0.3, 0.4) is 0 Å². The Morgan fingerprint density at radius 1 is 1.45 bits per heavy atom. The van der Waals surface area contributed by atoms with Crippen molar-refractivity contribution in [2.45, 2.75) is 11.7 Å². The highest BCUT2D eigenvalue weighted by atomic mass is 32.2. The minimum absolute atomic E-state index is 0.0479. The molecule has 0 aromatic heterocycles. The molecule has 1 aliphatic heterocycles. The third kappa shape index (κ3) is 3.71. The lowest BCUT2D eigenvalue weighted by atomic mass is 10.2. The SMILES string of the molecule is C=CC[C@H]1S/C(=N\N=C/c2ccc(OC)cc2)NC1=O. The van der Waals surface area contributed by atoms with Crippen molar-refractivity contribution < 1.29 is 9.53 Å². The van der Waals surface area contributed by atoms with Gasteiger partial charge in [0.05, 0.1) is 18.6 Å². The van der Waals surface area contributed by atoms with Crippen LogP contribution < -0.4 is 10.1 Å². The molecule has 5 nitrogen and oxygen atoms in total. The van der Waals surface area contributed by atoms with E-state index in [9.17, 15) is 4.79 Å². The maximum atomic E-state index is 11.6. The van der Waals surface area contributed by atoms with Gasteiger partial charge in [-0.3, -0.25) is 4.79 Å². The number of nitrogens with zero attached hydrogens (tertiary/aromatic N) is 2. The van der Waals surface area contributed by atoms with Crippen molar-refractivity contribution >= 4 is 29.1 Å². The highest BCUT2D eigenvalue weighted by Gasteiger charge is 2.28. The Balaban J connectivity index is 1.96. The summed E-state index contributed by atoms with van der Waals surface area (Å²) in [5.74, 6) is 0.743. The number of carbonyl (C=O) groups excluding carboxylic acids is 1. The van der Waals surface area contributed by atoms with E-state index in [1.165, 1.54) is 11.8 Å². The topological polar surface area (TPSA) is 63.1 Å². The summed E-state index contributed by atoms with van der Waals surface area (Å²) in [5.41, 5.74) is 0.909. The normalized spacial score (nSPS) is 20.4. The zero-order valence-corrected chi connectivity index (χ0v) is 11.9. The van der Waals surface area contributed by atoms with Gasteiger partial charge in [0.15, 0.2) is 5.17 Å². The number of methoxy groups -OCH3 is 1. The third-order valence-corrected chi connectivity index (χ3v) is 3.73. The van der Waals surface area contributed by atoms with Crippen molar-refractivity contribution in [3.05, 3.63) is 42.5 Å². The fraction of sp³-hybridized carbons (Fsp3) is 0.214. The van der Waals surface area contributed by atoms with Crippen LogP contribution in [0.1, 0.15) is 12.0 Å². The number of thioether (sulfide) groups is 1. The third-order valence-electron chi connectivity index (χ3n) is 2.63. The molecule has 1 aromatic carbocycles. The van der Waals surface area contributed by atoms with E-state index in [0.29, 0.717) is 11.6 Å². The number of allylic oxidation sites excluding steroid dienone is 1. The minimum atomic E-state index is -0.151. The molecule has 1 aliphatic rings. The number of amidine groups is 1. The fourth-order valence-electron chi connectivity index (χ4n) is 1.60. The molecule has 0 unspecified atom stereocenters. The van der Waals surface area contributed by atoms with Gasteiger partial charge in [-0.1, -0.05) is 17.8 Å². The lowest BCUT2D eigenvalue weighted by molar-refractivity contribution is -0.118. The summed E-state index contributed by atoms with van der Waals surface area (Å²) in [6.45, 7) is 3.63. The summed E-state index contributed by atoms with van der Waals surface area (Å²) in [7, 11) is 1.62. The molecule has 1 heterocycles. The second-order valence-corrected chi connectivity index (χ2v) is 5.23. The van der Waals surface area contributed by atoms with Crippen LogP contribution in [-0.4, -0.2) is 29.6 Å².